The molecule has 1 fully saturated rings. The van der Waals surface area contributed by atoms with Crippen molar-refractivity contribution in [3.63, 3.8) is 0 Å². The molecule has 354 valence electrons. The van der Waals surface area contributed by atoms with E-state index in [1.54, 1.807) is 0 Å². The molecule has 13 heteroatoms. The van der Waals surface area contributed by atoms with Crippen LogP contribution < -0.4 is 0 Å². The van der Waals surface area contributed by atoms with Crippen LogP contribution in [-0.4, -0.2) is 96.0 Å². The first-order chi connectivity index (χ1) is 29.0. The molecule has 0 radical (unpaired) electrons. The van der Waals surface area contributed by atoms with E-state index in [9.17, 15) is 37.9 Å². The lowest BCUT2D eigenvalue weighted by Crippen LogP contribution is -2.60. The Morgan fingerprint density at radius 3 is 1.38 bits per heavy atom. The molecule has 0 aliphatic carbocycles. The first-order valence-electron chi connectivity index (χ1n) is 24.2. The second kappa shape index (κ2) is 37.9. The van der Waals surface area contributed by atoms with Gasteiger partial charge in [-0.15, -0.1) is 0 Å². The van der Waals surface area contributed by atoms with E-state index in [1.165, 1.54) is 141 Å². The summed E-state index contributed by atoms with van der Waals surface area (Å²) in [5, 5.41) is 30.9. The molecule has 1 saturated heterocycles. The SMILES string of the molecule is CCCCCCCC/C=C/CCCCCCCCCCCCCC(=O)O[C@H](COC(=O)CCCCCCCCCCCCC)CO[C@H]1O[C@H](CS(=O)(=O)O)[C@@H](O)C(O)C1O. The summed E-state index contributed by atoms with van der Waals surface area (Å²) in [5.74, 6) is -1.97. The topological polar surface area (TPSA) is 186 Å². The van der Waals surface area contributed by atoms with E-state index in [0.29, 0.717) is 12.8 Å². The predicted octanol–water partition coefficient (Wildman–Crippen LogP) is 10.2. The molecule has 1 rings (SSSR count). The summed E-state index contributed by atoms with van der Waals surface area (Å²) >= 11 is 0. The van der Waals surface area contributed by atoms with Gasteiger partial charge < -0.3 is 34.3 Å². The van der Waals surface area contributed by atoms with Crippen LogP contribution in [0.5, 0.6) is 0 Å². The molecule has 0 saturated carbocycles. The third-order valence-electron chi connectivity index (χ3n) is 11.3. The second-order valence-electron chi connectivity index (χ2n) is 17.1. The van der Waals surface area contributed by atoms with Gasteiger partial charge in [-0.3, -0.25) is 14.1 Å². The van der Waals surface area contributed by atoms with E-state index in [4.69, 9.17) is 18.9 Å². The zero-order valence-electron chi connectivity index (χ0n) is 37.8. The molecule has 12 nitrogen and oxygen atoms in total. The number of hydrogen-bond donors (Lipinski definition) is 4. The Hall–Kier alpha value is -1.61. The van der Waals surface area contributed by atoms with Crippen LogP contribution in [0.15, 0.2) is 12.2 Å². The summed E-state index contributed by atoms with van der Waals surface area (Å²) in [4.78, 5) is 25.4. The lowest BCUT2D eigenvalue weighted by molar-refractivity contribution is -0.297. The summed E-state index contributed by atoms with van der Waals surface area (Å²) in [7, 11) is -4.60. The first-order valence-corrected chi connectivity index (χ1v) is 25.9. The van der Waals surface area contributed by atoms with Crippen molar-refractivity contribution in [2.45, 2.75) is 256 Å². The Bertz CT molecular complexity index is 1170. The number of rotatable bonds is 41. The largest absolute Gasteiger partial charge is 0.462 e. The van der Waals surface area contributed by atoms with Crippen LogP contribution in [0.25, 0.3) is 0 Å². The Morgan fingerprint density at radius 2 is 0.950 bits per heavy atom. The maximum absolute atomic E-state index is 12.8. The Balaban J connectivity index is 2.36. The Labute approximate surface area is 365 Å². The van der Waals surface area contributed by atoms with Gasteiger partial charge in [0.1, 0.15) is 36.8 Å². The number of unbranched alkanes of at least 4 members (excludes halogenated alkanes) is 27. The molecule has 1 aliphatic rings. The minimum atomic E-state index is -4.60. The Morgan fingerprint density at radius 1 is 0.550 bits per heavy atom. The third-order valence-corrected chi connectivity index (χ3v) is 12.1. The summed E-state index contributed by atoms with van der Waals surface area (Å²) in [6, 6.07) is 0. The van der Waals surface area contributed by atoms with Gasteiger partial charge in [0.05, 0.1) is 6.61 Å². The van der Waals surface area contributed by atoms with E-state index in [2.05, 4.69) is 26.0 Å². The van der Waals surface area contributed by atoms with Crippen LogP contribution in [0.2, 0.25) is 0 Å². The minimum Gasteiger partial charge on any atom is -0.462 e. The number of allylic oxidation sites excluding steroid dienone is 2. The van der Waals surface area contributed by atoms with Crippen LogP contribution >= 0.6 is 0 Å². The van der Waals surface area contributed by atoms with Crippen molar-refractivity contribution >= 4 is 22.1 Å². The summed E-state index contributed by atoms with van der Waals surface area (Å²) in [6.07, 6.45) is 31.2. The van der Waals surface area contributed by atoms with E-state index in [1.807, 2.05) is 0 Å². The average Bonchev–Trinajstić information content (AvgIpc) is 3.21. The number of aliphatic hydroxyl groups is 3. The number of ether oxygens (including phenoxy) is 4. The second-order valence-corrected chi connectivity index (χ2v) is 18.6. The van der Waals surface area contributed by atoms with Crippen LogP contribution in [-0.2, 0) is 38.7 Å². The summed E-state index contributed by atoms with van der Waals surface area (Å²) in [6.45, 7) is 3.77. The molecular formula is C47H88O12S. The van der Waals surface area contributed by atoms with Gasteiger partial charge >= 0.3 is 11.9 Å². The van der Waals surface area contributed by atoms with E-state index >= 15 is 0 Å². The fourth-order valence-electron chi connectivity index (χ4n) is 7.56. The van der Waals surface area contributed by atoms with Crippen molar-refractivity contribution in [2.75, 3.05) is 19.0 Å². The Kier molecular flexibility index (Phi) is 35.6. The van der Waals surface area contributed by atoms with Crippen molar-refractivity contribution < 1.29 is 56.8 Å². The first kappa shape index (κ1) is 56.4. The number of hydrogen-bond acceptors (Lipinski definition) is 11. The fourth-order valence-corrected chi connectivity index (χ4v) is 8.25. The van der Waals surface area contributed by atoms with Crippen molar-refractivity contribution in [1.82, 2.24) is 0 Å². The van der Waals surface area contributed by atoms with Crippen molar-refractivity contribution in [3.8, 4) is 0 Å². The predicted molar refractivity (Wildman–Crippen MR) is 238 cm³/mol. The van der Waals surface area contributed by atoms with Gasteiger partial charge in [-0.1, -0.05) is 180 Å². The molecule has 1 aliphatic heterocycles. The molecule has 0 bridgehead atoms. The minimum absolute atomic E-state index is 0.168. The van der Waals surface area contributed by atoms with Crippen LogP contribution in [0.1, 0.15) is 219 Å². The third kappa shape index (κ3) is 32.1. The van der Waals surface area contributed by atoms with Crippen molar-refractivity contribution in [1.29, 1.82) is 0 Å². The zero-order chi connectivity index (χ0) is 44.1. The van der Waals surface area contributed by atoms with Gasteiger partial charge in [0.15, 0.2) is 12.4 Å². The van der Waals surface area contributed by atoms with Gasteiger partial charge in [-0.2, -0.15) is 8.42 Å². The normalized spacial score (nSPS) is 20.1. The highest BCUT2D eigenvalue weighted by Crippen LogP contribution is 2.24. The van der Waals surface area contributed by atoms with Crippen LogP contribution in [0.3, 0.4) is 0 Å². The lowest BCUT2D eigenvalue weighted by atomic mass is 10.00. The standard InChI is InChI=1S/C47H88O12S/c1-3-5-7-9-11-13-15-16-17-18-19-20-21-22-23-24-26-28-30-32-34-36-43(49)58-40(37-56-42(48)35-33-31-29-27-25-14-12-10-8-6-4-2)38-57-47-46(52)45(51)44(50)41(59-47)39-60(53,54)55/h16-17,40-41,44-47,50-52H,3-15,18-39H2,1-2H3,(H,53,54,55)/b17-16+/t40-,41-,44-,45?,46?,47+/m1/s1. The molecule has 0 amide bonds. The molecular weight excluding hydrogens is 789 g/mol. The molecule has 0 aromatic rings. The molecule has 0 aromatic heterocycles. The average molecular weight is 877 g/mol. The molecule has 6 atom stereocenters. The van der Waals surface area contributed by atoms with Gasteiger partial charge in [-0.05, 0) is 38.5 Å². The molecule has 60 heavy (non-hydrogen) atoms. The zero-order valence-corrected chi connectivity index (χ0v) is 38.6. The maximum atomic E-state index is 12.8. The smallest absolute Gasteiger partial charge is 0.306 e. The molecule has 2 unspecified atom stereocenters. The lowest BCUT2D eigenvalue weighted by Gasteiger charge is -2.40. The van der Waals surface area contributed by atoms with Gasteiger partial charge in [-0.25, -0.2) is 0 Å². The molecule has 0 aromatic carbocycles. The molecule has 4 N–H and O–H groups in total. The number of carbonyl (C=O) groups is 2. The maximum Gasteiger partial charge on any atom is 0.306 e. The van der Waals surface area contributed by atoms with Gasteiger partial charge in [0.25, 0.3) is 10.1 Å². The quantitative estimate of drug-likeness (QED) is 0.0197. The monoisotopic (exact) mass is 877 g/mol. The molecule has 1 heterocycles. The number of aliphatic hydroxyl groups excluding tert-OH is 3. The van der Waals surface area contributed by atoms with E-state index in [-0.39, 0.29) is 19.4 Å². The summed E-state index contributed by atoms with van der Waals surface area (Å²) < 4.78 is 54.1. The van der Waals surface area contributed by atoms with Crippen molar-refractivity contribution in [3.05, 3.63) is 12.2 Å². The summed E-state index contributed by atoms with van der Waals surface area (Å²) in [5.41, 5.74) is 0. The number of esters is 2. The van der Waals surface area contributed by atoms with Crippen LogP contribution in [0, 0.1) is 0 Å². The highest BCUT2D eigenvalue weighted by Gasteiger charge is 2.46. The molecule has 0 spiro atoms. The number of carbonyl (C=O) groups excluding carboxylic acids is 2. The fraction of sp³-hybridized carbons (Fsp3) is 0.915. The van der Waals surface area contributed by atoms with Crippen molar-refractivity contribution in [2.24, 2.45) is 0 Å². The van der Waals surface area contributed by atoms with E-state index in [0.717, 1.165) is 38.5 Å². The van der Waals surface area contributed by atoms with Gasteiger partial charge in [0, 0.05) is 12.8 Å². The van der Waals surface area contributed by atoms with E-state index < -0.39 is 71.2 Å². The highest BCUT2D eigenvalue weighted by atomic mass is 32.2. The van der Waals surface area contributed by atoms with Gasteiger partial charge in [0.2, 0.25) is 0 Å². The highest BCUT2D eigenvalue weighted by molar-refractivity contribution is 7.85. The van der Waals surface area contributed by atoms with Crippen LogP contribution in [0.4, 0.5) is 0 Å².